The van der Waals surface area contributed by atoms with Gasteiger partial charge in [-0.2, -0.15) is 0 Å². The van der Waals surface area contributed by atoms with Crippen molar-refractivity contribution in [1.82, 2.24) is 5.32 Å². The molecule has 0 bridgehead atoms. The van der Waals surface area contributed by atoms with Gasteiger partial charge in [0, 0.05) is 4.88 Å². The summed E-state index contributed by atoms with van der Waals surface area (Å²) in [7, 11) is 0. The predicted octanol–water partition coefficient (Wildman–Crippen LogP) is 3.48. The second kappa shape index (κ2) is 6.31. The van der Waals surface area contributed by atoms with Crippen LogP contribution in [0.4, 0.5) is 10.1 Å². The number of halogens is 2. The fraction of sp³-hybridized carbons (Fsp3) is 0. The van der Waals surface area contributed by atoms with Crippen molar-refractivity contribution < 1.29 is 14.0 Å². The van der Waals surface area contributed by atoms with Gasteiger partial charge in [-0.3, -0.25) is 19.8 Å². The molecule has 116 valence electrons. The molecule has 2 heterocycles. The van der Waals surface area contributed by atoms with Crippen LogP contribution >= 0.6 is 39.5 Å². The van der Waals surface area contributed by atoms with Gasteiger partial charge >= 0.3 is 0 Å². The quantitative estimate of drug-likeness (QED) is 0.468. The highest BCUT2D eigenvalue weighted by Crippen LogP contribution is 2.26. The lowest BCUT2D eigenvalue weighted by atomic mass is 10.1. The third-order valence-electron chi connectivity index (χ3n) is 3.07. The van der Waals surface area contributed by atoms with E-state index in [1.165, 1.54) is 46.6 Å². The van der Waals surface area contributed by atoms with Gasteiger partial charge < -0.3 is 0 Å². The molecule has 4 nitrogen and oxygen atoms in total. The molecule has 1 N–H and O–H groups in total. The van der Waals surface area contributed by atoms with E-state index in [9.17, 15) is 14.0 Å². The zero-order valence-electron chi connectivity index (χ0n) is 11.4. The van der Waals surface area contributed by atoms with Crippen molar-refractivity contribution in [2.75, 3.05) is 4.90 Å². The van der Waals surface area contributed by atoms with E-state index in [0.29, 0.717) is 5.69 Å². The number of hydrogen-bond donors (Lipinski definition) is 1. The summed E-state index contributed by atoms with van der Waals surface area (Å²) in [6.45, 7) is 0. The fourth-order valence-corrected chi connectivity index (χ4v) is 3.68. The van der Waals surface area contributed by atoms with E-state index in [2.05, 4.69) is 21.2 Å². The summed E-state index contributed by atoms with van der Waals surface area (Å²) in [5.74, 6) is -1.52. The summed E-state index contributed by atoms with van der Waals surface area (Å²) in [6, 6.07) is 8.91. The first-order valence-corrected chi connectivity index (χ1v) is 8.40. The van der Waals surface area contributed by atoms with Gasteiger partial charge in [-0.1, -0.05) is 0 Å². The first-order chi connectivity index (χ1) is 11.0. The summed E-state index contributed by atoms with van der Waals surface area (Å²) in [5.41, 5.74) is 0.358. The number of thiophene rings is 1. The van der Waals surface area contributed by atoms with Crippen LogP contribution in [0.5, 0.6) is 0 Å². The number of thiocarbonyl (C=S) groups is 1. The van der Waals surface area contributed by atoms with E-state index in [-0.39, 0.29) is 10.7 Å². The Balaban J connectivity index is 2.00. The van der Waals surface area contributed by atoms with Gasteiger partial charge in [-0.15, -0.1) is 11.3 Å². The monoisotopic (exact) mass is 410 g/mol. The Bertz CT molecular complexity index is 845. The van der Waals surface area contributed by atoms with Gasteiger partial charge in [0.25, 0.3) is 11.8 Å². The van der Waals surface area contributed by atoms with Crippen LogP contribution in [0.3, 0.4) is 0 Å². The normalized spacial score (nSPS) is 16.9. The van der Waals surface area contributed by atoms with Crippen molar-refractivity contribution in [3.63, 3.8) is 0 Å². The van der Waals surface area contributed by atoms with Gasteiger partial charge in [0.1, 0.15) is 11.4 Å². The molecular weight excluding hydrogens is 403 g/mol. The number of rotatable bonds is 2. The molecule has 0 spiro atoms. The van der Waals surface area contributed by atoms with Crippen molar-refractivity contribution in [1.29, 1.82) is 0 Å². The van der Waals surface area contributed by atoms with Crippen molar-refractivity contribution in [3.05, 3.63) is 56.5 Å². The van der Waals surface area contributed by atoms with Crippen LogP contribution in [-0.2, 0) is 9.59 Å². The van der Waals surface area contributed by atoms with E-state index in [1.54, 1.807) is 6.07 Å². The summed E-state index contributed by atoms with van der Waals surface area (Å²) in [6.07, 6.45) is 1.51. The molecule has 1 fully saturated rings. The number of amides is 2. The third kappa shape index (κ3) is 3.24. The molecule has 3 rings (SSSR count). The minimum absolute atomic E-state index is 0.0303. The van der Waals surface area contributed by atoms with E-state index in [1.807, 2.05) is 6.07 Å². The Morgan fingerprint density at radius 1 is 1.17 bits per heavy atom. The molecule has 0 saturated carbocycles. The highest BCUT2D eigenvalue weighted by molar-refractivity contribution is 9.11. The average molecular weight is 411 g/mol. The lowest BCUT2D eigenvalue weighted by Crippen LogP contribution is -2.54. The van der Waals surface area contributed by atoms with Crippen LogP contribution < -0.4 is 10.2 Å². The number of hydrogen-bond acceptors (Lipinski definition) is 4. The Hall–Kier alpha value is -1.90. The molecule has 1 saturated heterocycles. The Morgan fingerprint density at radius 3 is 2.48 bits per heavy atom. The summed E-state index contributed by atoms with van der Waals surface area (Å²) >= 11 is 9.79. The second-order valence-electron chi connectivity index (χ2n) is 4.58. The zero-order chi connectivity index (χ0) is 16.6. The molecule has 23 heavy (non-hydrogen) atoms. The van der Waals surface area contributed by atoms with Crippen LogP contribution in [0, 0.1) is 5.82 Å². The SMILES string of the molecule is O=C1NC(=S)N(c2ccc(F)cc2)C(=O)/C1=C/c1ccc(Br)s1. The largest absolute Gasteiger partial charge is 0.298 e. The fourth-order valence-electron chi connectivity index (χ4n) is 2.03. The molecule has 0 unspecified atom stereocenters. The van der Waals surface area contributed by atoms with Crippen molar-refractivity contribution >= 4 is 68.2 Å². The number of nitrogens with zero attached hydrogens (tertiary/aromatic N) is 1. The van der Waals surface area contributed by atoms with Crippen LogP contribution in [0.2, 0.25) is 0 Å². The number of anilines is 1. The maximum Gasteiger partial charge on any atom is 0.270 e. The van der Waals surface area contributed by atoms with Crippen molar-refractivity contribution in [2.45, 2.75) is 0 Å². The first kappa shape index (κ1) is 16.0. The second-order valence-corrected chi connectivity index (χ2v) is 7.46. The molecule has 0 aliphatic carbocycles. The molecule has 1 aliphatic rings. The molecule has 8 heteroatoms. The Labute approximate surface area is 148 Å². The summed E-state index contributed by atoms with van der Waals surface area (Å²) < 4.78 is 13.9. The molecule has 2 amide bonds. The summed E-state index contributed by atoms with van der Waals surface area (Å²) in [4.78, 5) is 26.7. The lowest BCUT2D eigenvalue weighted by molar-refractivity contribution is -0.122. The van der Waals surface area contributed by atoms with Crippen LogP contribution in [0.25, 0.3) is 6.08 Å². The van der Waals surface area contributed by atoms with Gasteiger partial charge in [0.2, 0.25) is 0 Å². The van der Waals surface area contributed by atoms with Crippen molar-refractivity contribution in [2.24, 2.45) is 0 Å². The summed E-state index contributed by atoms with van der Waals surface area (Å²) in [5, 5.41) is 2.45. The predicted molar refractivity (Wildman–Crippen MR) is 94.6 cm³/mol. The van der Waals surface area contributed by atoms with Gasteiger partial charge in [-0.05, 0) is 70.6 Å². The van der Waals surface area contributed by atoms with Crippen molar-refractivity contribution in [3.8, 4) is 0 Å². The number of nitrogens with one attached hydrogen (secondary N) is 1. The smallest absolute Gasteiger partial charge is 0.270 e. The highest BCUT2D eigenvalue weighted by Gasteiger charge is 2.34. The molecular formula is C15H8BrFN2O2S2. The highest BCUT2D eigenvalue weighted by atomic mass is 79.9. The van der Waals surface area contributed by atoms with E-state index in [4.69, 9.17) is 12.2 Å². The molecule has 1 aliphatic heterocycles. The number of benzene rings is 1. The van der Waals surface area contributed by atoms with E-state index >= 15 is 0 Å². The molecule has 0 radical (unpaired) electrons. The number of carbonyl (C=O) groups excluding carboxylic acids is 2. The molecule has 0 atom stereocenters. The van der Waals surface area contributed by atoms with Crippen LogP contribution in [-0.4, -0.2) is 16.9 Å². The van der Waals surface area contributed by atoms with E-state index < -0.39 is 17.6 Å². The average Bonchev–Trinajstić information content (AvgIpc) is 2.91. The van der Waals surface area contributed by atoms with Gasteiger partial charge in [0.15, 0.2) is 5.11 Å². The standard InChI is InChI=1S/C15H8BrFN2O2S2/c16-12-6-5-10(23-12)7-11-13(20)18-15(22)19(14(11)21)9-3-1-8(17)2-4-9/h1-7H,(H,18,20,22)/b11-7+. The van der Waals surface area contributed by atoms with Crippen LogP contribution in [0.15, 0.2) is 45.8 Å². The molecule has 1 aromatic carbocycles. The lowest BCUT2D eigenvalue weighted by Gasteiger charge is -2.28. The number of carbonyl (C=O) groups is 2. The Morgan fingerprint density at radius 2 is 1.87 bits per heavy atom. The first-order valence-electron chi connectivity index (χ1n) is 6.38. The van der Waals surface area contributed by atoms with Gasteiger partial charge in [0.05, 0.1) is 9.47 Å². The molecule has 2 aromatic rings. The maximum absolute atomic E-state index is 13.1. The minimum Gasteiger partial charge on any atom is -0.298 e. The Kier molecular flexibility index (Phi) is 4.38. The minimum atomic E-state index is -0.553. The zero-order valence-corrected chi connectivity index (χ0v) is 14.6. The molecule has 1 aromatic heterocycles. The maximum atomic E-state index is 13.1. The third-order valence-corrected chi connectivity index (χ3v) is 4.92. The van der Waals surface area contributed by atoms with Crippen LogP contribution in [0.1, 0.15) is 4.88 Å². The topological polar surface area (TPSA) is 49.4 Å². The van der Waals surface area contributed by atoms with Gasteiger partial charge in [-0.25, -0.2) is 4.39 Å². The van der Waals surface area contributed by atoms with E-state index in [0.717, 1.165) is 8.66 Å².